The number of morpholine rings is 1. The monoisotopic (exact) mass is 286 g/mol. The van der Waals surface area contributed by atoms with Gasteiger partial charge < -0.3 is 15.0 Å². The molecule has 0 unspecified atom stereocenters. The van der Waals surface area contributed by atoms with Gasteiger partial charge in [0.15, 0.2) is 0 Å². The van der Waals surface area contributed by atoms with Crippen LogP contribution in [0, 0.1) is 0 Å². The summed E-state index contributed by atoms with van der Waals surface area (Å²) in [7, 11) is 0. The highest BCUT2D eigenvalue weighted by Crippen LogP contribution is 2.30. The predicted molar refractivity (Wildman–Crippen MR) is 81.7 cm³/mol. The lowest BCUT2D eigenvalue weighted by Gasteiger charge is -2.43. The fraction of sp³-hybridized carbons (Fsp3) is 0.588. The maximum Gasteiger partial charge on any atom is 0.254 e. The molecule has 1 saturated heterocycles. The van der Waals surface area contributed by atoms with E-state index in [1.165, 1.54) is 24.1 Å². The molecule has 2 heterocycles. The van der Waals surface area contributed by atoms with Gasteiger partial charge in [0.05, 0.1) is 18.8 Å². The van der Waals surface area contributed by atoms with Crippen LogP contribution >= 0.6 is 0 Å². The topological polar surface area (TPSA) is 41.6 Å². The van der Waals surface area contributed by atoms with Crippen molar-refractivity contribution >= 4 is 11.6 Å². The third-order valence-electron chi connectivity index (χ3n) is 5.05. The van der Waals surface area contributed by atoms with Crippen molar-refractivity contribution in [3.63, 3.8) is 0 Å². The first-order chi connectivity index (χ1) is 10.3. The van der Waals surface area contributed by atoms with Crippen molar-refractivity contribution in [3.8, 4) is 0 Å². The zero-order valence-corrected chi connectivity index (χ0v) is 12.3. The van der Waals surface area contributed by atoms with Crippen molar-refractivity contribution < 1.29 is 9.53 Å². The number of carbonyl (C=O) groups excluding carboxylic acids is 1. The second-order valence-corrected chi connectivity index (χ2v) is 6.31. The van der Waals surface area contributed by atoms with E-state index in [1.807, 2.05) is 12.1 Å². The van der Waals surface area contributed by atoms with Gasteiger partial charge in [0.25, 0.3) is 5.91 Å². The van der Waals surface area contributed by atoms with Gasteiger partial charge in [-0.05, 0) is 43.0 Å². The third kappa shape index (κ3) is 2.31. The second kappa shape index (κ2) is 5.34. The van der Waals surface area contributed by atoms with E-state index in [0.717, 1.165) is 37.9 Å². The Labute approximate surface area is 125 Å². The summed E-state index contributed by atoms with van der Waals surface area (Å²) in [5.41, 5.74) is 3.29. The number of fused-ring (bicyclic) bond motifs is 2. The summed E-state index contributed by atoms with van der Waals surface area (Å²) >= 11 is 0. The van der Waals surface area contributed by atoms with Gasteiger partial charge in [-0.3, -0.25) is 4.79 Å². The minimum atomic E-state index is 0.185. The normalized spacial score (nSPS) is 27.7. The molecule has 2 fully saturated rings. The highest BCUT2D eigenvalue weighted by molar-refractivity contribution is 5.95. The zero-order chi connectivity index (χ0) is 14.2. The second-order valence-electron chi connectivity index (χ2n) is 6.31. The van der Waals surface area contributed by atoms with E-state index in [9.17, 15) is 4.79 Å². The molecule has 2 aliphatic heterocycles. The molecular weight excluding hydrogens is 264 g/mol. The maximum atomic E-state index is 12.9. The lowest BCUT2D eigenvalue weighted by Crippen LogP contribution is -2.54. The Kier molecular flexibility index (Phi) is 3.34. The molecular formula is C17H22N2O2. The molecule has 1 amide bonds. The summed E-state index contributed by atoms with van der Waals surface area (Å²) in [5, 5.41) is 3.35. The molecule has 1 aliphatic carbocycles. The Morgan fingerprint density at radius 3 is 3.14 bits per heavy atom. The Morgan fingerprint density at radius 1 is 1.29 bits per heavy atom. The van der Waals surface area contributed by atoms with E-state index < -0.39 is 0 Å². The summed E-state index contributed by atoms with van der Waals surface area (Å²) in [4.78, 5) is 15.0. The van der Waals surface area contributed by atoms with Gasteiger partial charge in [-0.2, -0.15) is 0 Å². The number of carbonyl (C=O) groups is 1. The molecule has 4 heteroatoms. The van der Waals surface area contributed by atoms with Crippen LogP contribution < -0.4 is 5.32 Å². The summed E-state index contributed by atoms with van der Waals surface area (Å²) in [6.45, 7) is 2.39. The summed E-state index contributed by atoms with van der Waals surface area (Å²) < 4.78 is 5.87. The fourth-order valence-corrected chi connectivity index (χ4v) is 3.95. The highest BCUT2D eigenvalue weighted by Gasteiger charge is 2.37. The highest BCUT2D eigenvalue weighted by atomic mass is 16.5. The van der Waals surface area contributed by atoms with Gasteiger partial charge in [-0.1, -0.05) is 12.8 Å². The third-order valence-corrected chi connectivity index (χ3v) is 5.05. The van der Waals surface area contributed by atoms with Crippen molar-refractivity contribution in [1.29, 1.82) is 0 Å². The lowest BCUT2D eigenvalue weighted by atomic mass is 9.89. The van der Waals surface area contributed by atoms with E-state index in [0.29, 0.717) is 6.61 Å². The number of amides is 1. The van der Waals surface area contributed by atoms with Gasteiger partial charge >= 0.3 is 0 Å². The molecule has 1 saturated carbocycles. The van der Waals surface area contributed by atoms with Gasteiger partial charge in [0.2, 0.25) is 0 Å². The van der Waals surface area contributed by atoms with Crippen LogP contribution in [0.1, 0.15) is 41.6 Å². The number of hydrogen-bond donors (Lipinski definition) is 1. The lowest BCUT2D eigenvalue weighted by molar-refractivity contribution is -0.0752. The van der Waals surface area contributed by atoms with Crippen LogP contribution in [-0.4, -0.2) is 42.6 Å². The molecule has 0 spiro atoms. The molecule has 1 aromatic rings. The van der Waals surface area contributed by atoms with E-state index in [1.54, 1.807) is 0 Å². The number of nitrogens with zero attached hydrogens (tertiary/aromatic N) is 1. The Morgan fingerprint density at radius 2 is 2.19 bits per heavy atom. The molecule has 2 atom stereocenters. The SMILES string of the molecule is O=C(c1ccc2c(c1)CCN2)N1CCO[C@@H]2CCCC[C@@H]21. The van der Waals surface area contributed by atoms with Crippen LogP contribution in [-0.2, 0) is 11.2 Å². The smallest absolute Gasteiger partial charge is 0.254 e. The predicted octanol–water partition coefficient (Wildman–Crippen LogP) is 2.44. The van der Waals surface area contributed by atoms with E-state index >= 15 is 0 Å². The number of nitrogens with one attached hydrogen (secondary N) is 1. The molecule has 21 heavy (non-hydrogen) atoms. The zero-order valence-electron chi connectivity index (χ0n) is 12.3. The van der Waals surface area contributed by atoms with Crippen LogP contribution in [0.3, 0.4) is 0 Å². The van der Waals surface area contributed by atoms with Crippen molar-refractivity contribution in [2.24, 2.45) is 0 Å². The number of hydrogen-bond acceptors (Lipinski definition) is 3. The number of benzene rings is 1. The van der Waals surface area contributed by atoms with Gasteiger partial charge in [-0.25, -0.2) is 0 Å². The van der Waals surface area contributed by atoms with Gasteiger partial charge in [-0.15, -0.1) is 0 Å². The van der Waals surface area contributed by atoms with Crippen molar-refractivity contribution in [2.75, 3.05) is 25.0 Å². The molecule has 0 radical (unpaired) electrons. The summed E-state index contributed by atoms with van der Waals surface area (Å²) in [5.74, 6) is 0.185. The summed E-state index contributed by atoms with van der Waals surface area (Å²) in [6, 6.07) is 6.37. The molecule has 0 aromatic heterocycles. The van der Waals surface area contributed by atoms with Gasteiger partial charge in [0, 0.05) is 24.3 Å². The minimum Gasteiger partial charge on any atom is -0.384 e. The van der Waals surface area contributed by atoms with Crippen molar-refractivity contribution in [3.05, 3.63) is 29.3 Å². The van der Waals surface area contributed by atoms with E-state index in [2.05, 4.69) is 16.3 Å². The molecule has 0 bridgehead atoms. The average molecular weight is 286 g/mol. The first-order valence-corrected chi connectivity index (χ1v) is 8.12. The molecule has 1 aromatic carbocycles. The maximum absolute atomic E-state index is 12.9. The van der Waals surface area contributed by atoms with Crippen LogP contribution in [0.5, 0.6) is 0 Å². The standard InChI is InChI=1S/C17H22N2O2/c20-17(13-5-6-14-12(11-13)7-8-18-14)19-9-10-21-16-4-2-1-3-15(16)19/h5-6,11,15-16,18H,1-4,7-10H2/t15-,16+/m0/s1. The number of ether oxygens (including phenoxy) is 1. The first-order valence-electron chi connectivity index (χ1n) is 8.12. The van der Waals surface area contributed by atoms with Crippen LogP contribution in [0.25, 0.3) is 0 Å². The van der Waals surface area contributed by atoms with E-state index in [-0.39, 0.29) is 18.1 Å². The van der Waals surface area contributed by atoms with Crippen molar-refractivity contribution in [1.82, 2.24) is 4.90 Å². The Hall–Kier alpha value is -1.55. The molecule has 3 aliphatic rings. The molecule has 1 N–H and O–H groups in total. The largest absolute Gasteiger partial charge is 0.384 e. The molecule has 4 rings (SSSR count). The van der Waals surface area contributed by atoms with Crippen LogP contribution in [0.2, 0.25) is 0 Å². The molecule has 112 valence electrons. The fourth-order valence-electron chi connectivity index (χ4n) is 3.95. The first kappa shape index (κ1) is 13.1. The van der Waals surface area contributed by atoms with Crippen LogP contribution in [0.15, 0.2) is 18.2 Å². The Balaban J connectivity index is 1.58. The minimum absolute atomic E-state index is 0.185. The molecule has 4 nitrogen and oxygen atoms in total. The van der Waals surface area contributed by atoms with E-state index in [4.69, 9.17) is 4.74 Å². The van der Waals surface area contributed by atoms with Gasteiger partial charge in [0.1, 0.15) is 0 Å². The van der Waals surface area contributed by atoms with Crippen LogP contribution in [0.4, 0.5) is 5.69 Å². The number of rotatable bonds is 1. The number of anilines is 1. The summed E-state index contributed by atoms with van der Waals surface area (Å²) in [6.07, 6.45) is 5.90. The Bertz CT molecular complexity index is 556. The van der Waals surface area contributed by atoms with Crippen molar-refractivity contribution in [2.45, 2.75) is 44.2 Å². The quantitative estimate of drug-likeness (QED) is 0.862. The average Bonchev–Trinajstić information content (AvgIpc) is 3.01.